The van der Waals surface area contributed by atoms with Gasteiger partial charge in [-0.3, -0.25) is 10.1 Å². The first-order valence-electron chi connectivity index (χ1n) is 6.11. The molecule has 1 aromatic carbocycles. The maximum atomic E-state index is 13.0. The minimum absolute atomic E-state index is 0.0414. The van der Waals surface area contributed by atoms with Crippen molar-refractivity contribution in [1.82, 2.24) is 15.0 Å². The number of nitro groups is 1. The zero-order valence-corrected chi connectivity index (χ0v) is 11.9. The number of nitrogens with zero attached hydrogens (tertiary/aromatic N) is 3. The van der Waals surface area contributed by atoms with Crippen LogP contribution in [0.3, 0.4) is 0 Å². The number of hydrogen-bond acceptors (Lipinski definition) is 5. The fourth-order valence-corrected chi connectivity index (χ4v) is 1.84. The van der Waals surface area contributed by atoms with E-state index >= 15 is 0 Å². The summed E-state index contributed by atoms with van der Waals surface area (Å²) in [6, 6.07) is 0.202. The van der Waals surface area contributed by atoms with E-state index in [1.54, 1.807) is 5.32 Å². The predicted octanol–water partition coefficient (Wildman–Crippen LogP) is 2.75. The molecule has 0 saturated heterocycles. The minimum Gasteiger partial charge on any atom is -0.323 e. The molecule has 1 N–H and O–H groups in total. The number of halogens is 6. The van der Waals surface area contributed by atoms with E-state index in [0.29, 0.717) is 0 Å². The minimum atomic E-state index is -5.26. The molecule has 0 radical (unpaired) electrons. The lowest BCUT2D eigenvalue weighted by Crippen LogP contribution is -2.31. The molecule has 0 aliphatic rings. The van der Waals surface area contributed by atoms with Gasteiger partial charge in [-0.05, 0) is 6.07 Å². The number of alkyl halides is 6. The first kappa shape index (κ1) is 18.3. The SMILES string of the molecule is CNC(=O)On1c(C(F)(F)F)nc2c([N+](=O)[O-])cc(C(F)(F)F)cc21. The number of imidazole rings is 1. The van der Waals surface area contributed by atoms with Crippen LogP contribution in [0.15, 0.2) is 12.1 Å². The monoisotopic (exact) mass is 372 g/mol. The van der Waals surface area contributed by atoms with Crippen molar-refractivity contribution >= 4 is 22.8 Å². The van der Waals surface area contributed by atoms with Crippen LogP contribution in [0, 0.1) is 10.1 Å². The third-order valence-corrected chi connectivity index (χ3v) is 2.85. The van der Waals surface area contributed by atoms with Gasteiger partial charge in [-0.25, -0.2) is 9.78 Å². The van der Waals surface area contributed by atoms with Crippen molar-refractivity contribution in [2.75, 3.05) is 7.05 Å². The normalized spacial score (nSPS) is 12.3. The number of hydrogen-bond donors (Lipinski definition) is 1. The van der Waals surface area contributed by atoms with Crippen molar-refractivity contribution in [2.24, 2.45) is 0 Å². The van der Waals surface area contributed by atoms with Gasteiger partial charge in [-0.1, -0.05) is 0 Å². The zero-order chi connectivity index (χ0) is 19.2. The Morgan fingerprint density at radius 1 is 1.24 bits per heavy atom. The van der Waals surface area contributed by atoms with Crippen LogP contribution in [-0.4, -0.2) is 27.8 Å². The number of carbonyl (C=O) groups is 1. The van der Waals surface area contributed by atoms with Crippen LogP contribution >= 0.6 is 0 Å². The number of carbonyl (C=O) groups excluding carboxylic acids is 1. The molecule has 0 aliphatic heterocycles. The van der Waals surface area contributed by atoms with E-state index in [1.807, 2.05) is 0 Å². The van der Waals surface area contributed by atoms with Gasteiger partial charge in [-0.2, -0.15) is 26.3 Å². The Bertz CT molecular complexity index is 857. The molecule has 0 fully saturated rings. The quantitative estimate of drug-likeness (QED) is 0.497. The van der Waals surface area contributed by atoms with Crippen molar-refractivity contribution in [3.63, 3.8) is 0 Å². The van der Waals surface area contributed by atoms with E-state index in [4.69, 9.17) is 0 Å². The van der Waals surface area contributed by atoms with Gasteiger partial charge in [0.05, 0.1) is 10.5 Å². The van der Waals surface area contributed by atoms with E-state index in [9.17, 15) is 41.3 Å². The standard InChI is InChI=1S/C11H6F6N4O4/c1-18-9(22)25-20-5-2-4(10(12,13)14)3-6(21(23)24)7(5)19-8(20)11(15,16)17/h2-3H,1H3,(H,18,22). The highest BCUT2D eigenvalue weighted by molar-refractivity contribution is 5.87. The summed E-state index contributed by atoms with van der Waals surface area (Å²) in [5, 5.41) is 12.7. The predicted molar refractivity (Wildman–Crippen MR) is 67.4 cm³/mol. The highest BCUT2D eigenvalue weighted by Crippen LogP contribution is 2.38. The molecule has 0 aliphatic carbocycles. The number of nitro benzene ring substituents is 1. The van der Waals surface area contributed by atoms with Crippen LogP contribution in [-0.2, 0) is 12.4 Å². The van der Waals surface area contributed by atoms with Crippen molar-refractivity contribution in [1.29, 1.82) is 0 Å². The fraction of sp³-hybridized carbons (Fsp3) is 0.273. The molecule has 136 valence electrons. The third kappa shape index (κ3) is 3.41. The summed E-state index contributed by atoms with van der Waals surface area (Å²) in [6.45, 7) is 0. The van der Waals surface area contributed by atoms with Gasteiger partial charge in [-0.15, -0.1) is 4.73 Å². The van der Waals surface area contributed by atoms with Crippen LogP contribution in [0.1, 0.15) is 11.4 Å². The number of rotatable bonds is 2. The Morgan fingerprint density at radius 3 is 2.28 bits per heavy atom. The Kier molecular flexibility index (Phi) is 4.23. The second-order valence-electron chi connectivity index (χ2n) is 4.47. The maximum Gasteiger partial charge on any atom is 0.453 e. The number of benzene rings is 1. The van der Waals surface area contributed by atoms with Gasteiger partial charge < -0.3 is 10.2 Å². The van der Waals surface area contributed by atoms with Crippen molar-refractivity contribution in [3.8, 4) is 0 Å². The molecular formula is C11H6F6N4O4. The van der Waals surface area contributed by atoms with E-state index in [0.717, 1.165) is 7.05 Å². The molecule has 1 heterocycles. The molecule has 2 rings (SSSR count). The lowest BCUT2D eigenvalue weighted by molar-refractivity contribution is -0.383. The smallest absolute Gasteiger partial charge is 0.323 e. The Morgan fingerprint density at radius 2 is 1.84 bits per heavy atom. The molecule has 1 amide bonds. The number of nitrogens with one attached hydrogen (secondary N) is 1. The lowest BCUT2D eigenvalue weighted by atomic mass is 10.1. The first-order valence-corrected chi connectivity index (χ1v) is 6.11. The molecule has 0 spiro atoms. The van der Waals surface area contributed by atoms with Gasteiger partial charge >= 0.3 is 18.4 Å². The van der Waals surface area contributed by atoms with E-state index in [2.05, 4.69) is 9.82 Å². The summed E-state index contributed by atoms with van der Waals surface area (Å²) in [5.74, 6) is -1.94. The number of aromatic nitrogens is 2. The Labute approximate surface area is 133 Å². The first-order chi connectivity index (χ1) is 11.4. The molecule has 0 unspecified atom stereocenters. The van der Waals surface area contributed by atoms with Gasteiger partial charge in [0.15, 0.2) is 5.52 Å². The van der Waals surface area contributed by atoms with Crippen molar-refractivity contribution in [3.05, 3.63) is 33.6 Å². The summed E-state index contributed by atoms with van der Waals surface area (Å²) >= 11 is 0. The summed E-state index contributed by atoms with van der Waals surface area (Å²) < 4.78 is 77.3. The number of non-ortho nitro benzene ring substituents is 1. The van der Waals surface area contributed by atoms with Crippen molar-refractivity contribution < 1.29 is 40.9 Å². The molecular weight excluding hydrogens is 366 g/mol. The van der Waals surface area contributed by atoms with Gasteiger partial charge in [0.1, 0.15) is 5.52 Å². The van der Waals surface area contributed by atoms with Gasteiger partial charge in [0.25, 0.3) is 11.5 Å². The van der Waals surface area contributed by atoms with Crippen LogP contribution in [0.25, 0.3) is 11.0 Å². The van der Waals surface area contributed by atoms with Crippen LogP contribution in [0.4, 0.5) is 36.8 Å². The van der Waals surface area contributed by atoms with Crippen LogP contribution < -0.4 is 10.2 Å². The van der Waals surface area contributed by atoms with Gasteiger partial charge in [0, 0.05) is 13.1 Å². The van der Waals surface area contributed by atoms with E-state index < -0.39 is 51.5 Å². The molecule has 0 bridgehead atoms. The molecule has 14 heteroatoms. The second-order valence-corrected chi connectivity index (χ2v) is 4.47. The molecule has 8 nitrogen and oxygen atoms in total. The Hall–Kier alpha value is -3.06. The summed E-state index contributed by atoms with van der Waals surface area (Å²) in [7, 11) is 0.984. The molecule has 25 heavy (non-hydrogen) atoms. The molecule has 0 saturated carbocycles. The molecule has 2 aromatic rings. The highest BCUT2D eigenvalue weighted by Gasteiger charge is 2.42. The lowest BCUT2D eigenvalue weighted by Gasteiger charge is -2.11. The second kappa shape index (κ2) is 5.78. The number of fused-ring (bicyclic) bond motifs is 1. The van der Waals surface area contributed by atoms with Crippen molar-refractivity contribution in [2.45, 2.75) is 12.4 Å². The third-order valence-electron chi connectivity index (χ3n) is 2.85. The average molecular weight is 372 g/mol. The summed E-state index contributed by atoms with van der Waals surface area (Å²) in [6.07, 6.45) is -11.8. The van der Waals surface area contributed by atoms with Crippen LogP contribution in [0.5, 0.6) is 0 Å². The maximum absolute atomic E-state index is 13.0. The highest BCUT2D eigenvalue weighted by atomic mass is 19.4. The van der Waals surface area contributed by atoms with Crippen LogP contribution in [0.2, 0.25) is 0 Å². The largest absolute Gasteiger partial charge is 0.453 e. The molecule has 0 atom stereocenters. The fourth-order valence-electron chi connectivity index (χ4n) is 1.84. The van der Waals surface area contributed by atoms with E-state index in [-0.39, 0.29) is 16.9 Å². The van der Waals surface area contributed by atoms with E-state index in [1.165, 1.54) is 0 Å². The average Bonchev–Trinajstić information content (AvgIpc) is 2.83. The Balaban J connectivity index is 2.91. The topological polar surface area (TPSA) is 99.3 Å². The van der Waals surface area contributed by atoms with Gasteiger partial charge in [0.2, 0.25) is 0 Å². The number of amides is 1. The summed E-state index contributed by atoms with van der Waals surface area (Å²) in [4.78, 5) is 28.0. The zero-order valence-electron chi connectivity index (χ0n) is 11.9. The molecule has 1 aromatic heterocycles. The summed E-state index contributed by atoms with van der Waals surface area (Å²) in [5.41, 5.74) is -5.00.